The molecule has 0 spiro atoms. The predicted molar refractivity (Wildman–Crippen MR) is 85.2 cm³/mol. The summed E-state index contributed by atoms with van der Waals surface area (Å²) < 4.78 is 5.72. The Hall–Kier alpha value is -2.27. The normalized spacial score (nSPS) is 10.1. The Morgan fingerprint density at radius 2 is 1.50 bits per heavy atom. The number of ether oxygens (including phenoxy) is 1. The van der Waals surface area contributed by atoms with Crippen LogP contribution in [0.5, 0.6) is 0 Å². The molecular weight excluding hydrogens is 348 g/mol. The molecule has 5 heteroatoms. The number of ketones is 2. The highest BCUT2D eigenvalue weighted by atomic mass is 79.9. The Labute approximate surface area is 136 Å². The van der Waals surface area contributed by atoms with E-state index in [0.29, 0.717) is 0 Å². The van der Waals surface area contributed by atoms with E-state index < -0.39 is 17.5 Å². The van der Waals surface area contributed by atoms with Gasteiger partial charge in [-0.1, -0.05) is 34.1 Å². The molecule has 0 unspecified atom stereocenters. The highest BCUT2D eigenvalue weighted by molar-refractivity contribution is 9.10. The van der Waals surface area contributed by atoms with E-state index >= 15 is 0 Å². The minimum Gasteiger partial charge on any atom is -0.462 e. The van der Waals surface area contributed by atoms with E-state index in [1.807, 2.05) is 0 Å². The van der Waals surface area contributed by atoms with Gasteiger partial charge in [-0.2, -0.15) is 0 Å². The average Bonchev–Trinajstić information content (AvgIpc) is 2.54. The molecule has 0 N–H and O–H groups in total. The third-order valence-electron chi connectivity index (χ3n) is 2.98. The van der Waals surface area contributed by atoms with Crippen molar-refractivity contribution >= 4 is 33.5 Å². The smallest absolute Gasteiger partial charge is 0.338 e. The van der Waals surface area contributed by atoms with Crippen molar-refractivity contribution in [3.8, 4) is 0 Å². The van der Waals surface area contributed by atoms with Crippen molar-refractivity contribution in [2.24, 2.45) is 0 Å². The summed E-state index contributed by atoms with van der Waals surface area (Å²) in [6.45, 7) is 1.87. The highest BCUT2D eigenvalue weighted by Gasteiger charge is 2.24. The third kappa shape index (κ3) is 3.49. The lowest BCUT2D eigenvalue weighted by molar-refractivity contribution is 0.0523. The Morgan fingerprint density at radius 1 is 0.909 bits per heavy atom. The number of hydrogen-bond acceptors (Lipinski definition) is 4. The molecule has 0 radical (unpaired) electrons. The molecule has 0 aliphatic rings. The molecule has 2 aromatic rings. The zero-order chi connectivity index (χ0) is 16.1. The number of halogens is 1. The number of hydrogen-bond donors (Lipinski definition) is 0. The molecule has 0 fully saturated rings. The van der Waals surface area contributed by atoms with Crippen molar-refractivity contribution < 1.29 is 19.1 Å². The molecule has 2 rings (SSSR count). The summed E-state index contributed by atoms with van der Waals surface area (Å²) in [7, 11) is 0. The summed E-state index contributed by atoms with van der Waals surface area (Å²) in [5.41, 5.74) is 0.417. The van der Waals surface area contributed by atoms with Crippen LogP contribution in [-0.4, -0.2) is 24.1 Å². The molecule has 22 heavy (non-hydrogen) atoms. The quantitative estimate of drug-likeness (QED) is 0.463. The van der Waals surface area contributed by atoms with Gasteiger partial charge in [-0.3, -0.25) is 9.59 Å². The van der Waals surface area contributed by atoms with Crippen LogP contribution in [-0.2, 0) is 4.74 Å². The fourth-order valence-corrected chi connectivity index (χ4v) is 2.19. The third-order valence-corrected chi connectivity index (χ3v) is 3.51. The molecular formula is C17H13BrO4. The summed E-state index contributed by atoms with van der Waals surface area (Å²) in [5.74, 6) is -2.01. The van der Waals surface area contributed by atoms with Gasteiger partial charge in [0, 0.05) is 15.6 Å². The number of Topliss-reactive ketones (excluding diaryl/α,β-unsaturated/α-hetero) is 2. The molecule has 0 saturated carbocycles. The number of carbonyl (C=O) groups excluding carboxylic acids is 3. The first-order valence-corrected chi connectivity index (χ1v) is 7.44. The first-order valence-electron chi connectivity index (χ1n) is 6.65. The average molecular weight is 361 g/mol. The van der Waals surface area contributed by atoms with Crippen LogP contribution in [0, 0.1) is 0 Å². The number of esters is 1. The van der Waals surface area contributed by atoms with Gasteiger partial charge in [-0.15, -0.1) is 0 Å². The van der Waals surface area contributed by atoms with Gasteiger partial charge in [0.1, 0.15) is 0 Å². The molecule has 0 aromatic heterocycles. The number of rotatable bonds is 5. The Balaban J connectivity index is 2.35. The standard InChI is InChI=1S/C17H13BrO4/c1-2-22-17(21)14-6-4-3-5-13(14)16(20)15(19)11-7-9-12(18)10-8-11/h3-10H,2H2,1H3. The van der Waals surface area contributed by atoms with Gasteiger partial charge in [0.05, 0.1) is 12.2 Å². The Morgan fingerprint density at radius 3 is 2.09 bits per heavy atom. The van der Waals surface area contributed by atoms with E-state index in [1.165, 1.54) is 12.1 Å². The largest absolute Gasteiger partial charge is 0.462 e. The first-order chi connectivity index (χ1) is 10.5. The van der Waals surface area contributed by atoms with E-state index in [1.54, 1.807) is 43.3 Å². The minimum atomic E-state index is -0.731. The van der Waals surface area contributed by atoms with Crippen LogP contribution < -0.4 is 0 Å². The second-order valence-corrected chi connectivity index (χ2v) is 5.35. The zero-order valence-corrected chi connectivity index (χ0v) is 13.4. The molecule has 0 heterocycles. The second kappa shape index (κ2) is 7.13. The van der Waals surface area contributed by atoms with Crippen molar-refractivity contribution in [2.75, 3.05) is 6.61 Å². The fraction of sp³-hybridized carbons (Fsp3) is 0.118. The van der Waals surface area contributed by atoms with Crippen molar-refractivity contribution in [2.45, 2.75) is 6.92 Å². The van der Waals surface area contributed by atoms with Gasteiger partial charge < -0.3 is 4.74 Å². The van der Waals surface area contributed by atoms with Crippen LogP contribution in [0.1, 0.15) is 38.0 Å². The van der Waals surface area contributed by atoms with E-state index in [4.69, 9.17) is 4.74 Å². The summed E-state index contributed by atoms with van der Waals surface area (Å²) in [5, 5.41) is 0. The van der Waals surface area contributed by atoms with Crippen molar-refractivity contribution in [3.63, 3.8) is 0 Å². The summed E-state index contributed by atoms with van der Waals surface area (Å²) in [4.78, 5) is 36.5. The number of benzene rings is 2. The molecule has 4 nitrogen and oxygen atoms in total. The lowest BCUT2D eigenvalue weighted by atomic mass is 9.97. The Bertz CT molecular complexity index is 720. The van der Waals surface area contributed by atoms with Crippen LogP contribution in [0.2, 0.25) is 0 Å². The van der Waals surface area contributed by atoms with Gasteiger partial charge in [-0.25, -0.2) is 4.79 Å². The van der Waals surface area contributed by atoms with Crippen molar-refractivity contribution in [1.82, 2.24) is 0 Å². The fourth-order valence-electron chi connectivity index (χ4n) is 1.92. The van der Waals surface area contributed by atoms with Crippen molar-refractivity contribution in [1.29, 1.82) is 0 Å². The van der Waals surface area contributed by atoms with E-state index in [-0.39, 0.29) is 23.3 Å². The topological polar surface area (TPSA) is 60.4 Å². The van der Waals surface area contributed by atoms with Gasteiger partial charge in [-0.05, 0) is 37.3 Å². The van der Waals surface area contributed by atoms with Gasteiger partial charge in [0.2, 0.25) is 11.6 Å². The van der Waals surface area contributed by atoms with Crippen LogP contribution in [0.3, 0.4) is 0 Å². The summed E-state index contributed by atoms with van der Waals surface area (Å²) >= 11 is 3.27. The van der Waals surface area contributed by atoms with Crippen LogP contribution >= 0.6 is 15.9 Å². The first kappa shape index (κ1) is 16.1. The highest BCUT2D eigenvalue weighted by Crippen LogP contribution is 2.16. The van der Waals surface area contributed by atoms with Crippen LogP contribution in [0.15, 0.2) is 53.0 Å². The monoisotopic (exact) mass is 360 g/mol. The van der Waals surface area contributed by atoms with E-state index in [9.17, 15) is 14.4 Å². The van der Waals surface area contributed by atoms with Crippen LogP contribution in [0.4, 0.5) is 0 Å². The maximum atomic E-state index is 12.4. The van der Waals surface area contributed by atoms with Crippen LogP contribution in [0.25, 0.3) is 0 Å². The summed E-state index contributed by atoms with van der Waals surface area (Å²) in [6, 6.07) is 12.6. The predicted octanol–water partition coefficient (Wildman–Crippen LogP) is 3.69. The van der Waals surface area contributed by atoms with Gasteiger partial charge >= 0.3 is 5.97 Å². The molecule has 0 saturated heterocycles. The molecule has 112 valence electrons. The van der Waals surface area contributed by atoms with Gasteiger partial charge in [0.15, 0.2) is 0 Å². The molecule has 0 aliphatic carbocycles. The number of carbonyl (C=O) groups is 3. The van der Waals surface area contributed by atoms with E-state index in [0.717, 1.165) is 4.47 Å². The zero-order valence-electron chi connectivity index (χ0n) is 11.8. The molecule has 2 aromatic carbocycles. The maximum Gasteiger partial charge on any atom is 0.338 e. The van der Waals surface area contributed by atoms with E-state index in [2.05, 4.69) is 15.9 Å². The molecule has 0 amide bonds. The van der Waals surface area contributed by atoms with Crippen molar-refractivity contribution in [3.05, 3.63) is 69.7 Å². The second-order valence-electron chi connectivity index (χ2n) is 4.43. The lowest BCUT2D eigenvalue weighted by Gasteiger charge is -2.07. The minimum absolute atomic E-state index is 0.0499. The molecule has 0 atom stereocenters. The maximum absolute atomic E-state index is 12.4. The summed E-state index contributed by atoms with van der Waals surface area (Å²) in [6.07, 6.45) is 0. The Kier molecular flexibility index (Phi) is 5.22. The SMILES string of the molecule is CCOC(=O)c1ccccc1C(=O)C(=O)c1ccc(Br)cc1. The molecule has 0 aliphatic heterocycles. The van der Waals surface area contributed by atoms with Gasteiger partial charge in [0.25, 0.3) is 0 Å². The molecule has 0 bridgehead atoms. The lowest BCUT2D eigenvalue weighted by Crippen LogP contribution is -2.19.